The maximum Gasteiger partial charge on any atom is 0.282 e. The van der Waals surface area contributed by atoms with Crippen LogP contribution in [0.4, 0.5) is 0 Å². The van der Waals surface area contributed by atoms with Crippen LogP contribution in [0, 0.1) is 6.92 Å². The topological polar surface area (TPSA) is 60.7 Å². The van der Waals surface area contributed by atoms with Crippen LogP contribution in [0.1, 0.15) is 24.0 Å². The average Bonchev–Trinajstić information content (AvgIpc) is 3.28. The molecule has 0 atom stereocenters. The fourth-order valence-electron chi connectivity index (χ4n) is 3.04. The Bertz CT molecular complexity index is 912. The number of aromatic nitrogens is 4. The summed E-state index contributed by atoms with van der Waals surface area (Å²) in [4.78, 5) is 25.2. The van der Waals surface area contributed by atoms with Crippen LogP contribution >= 0.6 is 0 Å². The maximum atomic E-state index is 12.7. The molecular formula is C17H16N4O. The minimum Gasteiger partial charge on any atom is -0.291 e. The number of aryl methyl sites for hydroxylation is 1. The second-order valence-corrected chi connectivity index (χ2v) is 6.04. The van der Waals surface area contributed by atoms with E-state index in [9.17, 15) is 4.79 Å². The minimum atomic E-state index is -0.149. The minimum absolute atomic E-state index is 0.0942. The van der Waals surface area contributed by atoms with E-state index in [0.717, 1.165) is 19.3 Å². The first kappa shape index (κ1) is 13.1. The largest absolute Gasteiger partial charge is 0.291 e. The Morgan fingerprint density at radius 3 is 2.77 bits per heavy atom. The van der Waals surface area contributed by atoms with Crippen molar-refractivity contribution in [3.63, 3.8) is 0 Å². The lowest BCUT2D eigenvalue weighted by atomic mass is 10.0. The van der Waals surface area contributed by atoms with Gasteiger partial charge in [-0.15, -0.1) is 0 Å². The lowest BCUT2D eigenvalue weighted by molar-refractivity contribution is 0.459. The van der Waals surface area contributed by atoms with Gasteiger partial charge in [0.1, 0.15) is 6.33 Å². The number of fused-ring (bicyclic) bond motifs is 1. The Morgan fingerprint density at radius 2 is 2.00 bits per heavy atom. The number of rotatable bonds is 3. The van der Waals surface area contributed by atoms with E-state index in [-0.39, 0.29) is 11.1 Å². The van der Waals surface area contributed by atoms with Crippen LogP contribution in [0.2, 0.25) is 0 Å². The van der Waals surface area contributed by atoms with E-state index in [2.05, 4.69) is 46.1 Å². The highest BCUT2D eigenvalue weighted by molar-refractivity contribution is 5.67. The first-order chi connectivity index (χ1) is 10.7. The fourth-order valence-corrected chi connectivity index (χ4v) is 3.04. The van der Waals surface area contributed by atoms with Crippen LogP contribution < -0.4 is 5.56 Å². The van der Waals surface area contributed by atoms with Gasteiger partial charge in [0.15, 0.2) is 11.2 Å². The van der Waals surface area contributed by atoms with Gasteiger partial charge in [-0.2, -0.15) is 0 Å². The van der Waals surface area contributed by atoms with Crippen molar-refractivity contribution in [2.24, 2.45) is 0 Å². The zero-order valence-electron chi connectivity index (χ0n) is 12.4. The Morgan fingerprint density at radius 1 is 1.18 bits per heavy atom. The summed E-state index contributed by atoms with van der Waals surface area (Å²) >= 11 is 0. The van der Waals surface area contributed by atoms with Crippen molar-refractivity contribution in [1.82, 2.24) is 19.5 Å². The molecule has 5 heteroatoms. The fraction of sp³-hybridized carbons (Fsp3) is 0.294. The van der Waals surface area contributed by atoms with E-state index >= 15 is 0 Å². The molecule has 1 aliphatic rings. The molecular weight excluding hydrogens is 276 g/mol. The van der Waals surface area contributed by atoms with Gasteiger partial charge in [-0.1, -0.05) is 29.8 Å². The number of hydrogen-bond acceptors (Lipinski definition) is 4. The van der Waals surface area contributed by atoms with Crippen molar-refractivity contribution in [3.05, 3.63) is 64.5 Å². The molecule has 1 fully saturated rings. The van der Waals surface area contributed by atoms with Crippen LogP contribution in [-0.2, 0) is 12.0 Å². The molecule has 0 spiro atoms. The SMILES string of the molecule is Cc1cccc(CC2(n3cnc4nccnc4c3=O)CC2)c1. The summed E-state index contributed by atoms with van der Waals surface area (Å²) in [6.07, 6.45) is 7.56. The second-order valence-electron chi connectivity index (χ2n) is 6.04. The summed E-state index contributed by atoms with van der Waals surface area (Å²) in [6.45, 7) is 2.09. The van der Waals surface area contributed by atoms with Gasteiger partial charge in [0.25, 0.3) is 5.56 Å². The van der Waals surface area contributed by atoms with Crippen LogP contribution in [-0.4, -0.2) is 19.5 Å². The quantitative estimate of drug-likeness (QED) is 0.742. The highest BCUT2D eigenvalue weighted by atomic mass is 16.1. The van der Waals surface area contributed by atoms with Crippen molar-refractivity contribution in [1.29, 1.82) is 0 Å². The first-order valence-electron chi connectivity index (χ1n) is 7.42. The second kappa shape index (κ2) is 4.73. The van der Waals surface area contributed by atoms with Crippen molar-refractivity contribution in [2.45, 2.75) is 31.7 Å². The summed E-state index contributed by atoms with van der Waals surface area (Å²) in [5.74, 6) is 0. The molecule has 4 rings (SSSR count). The van der Waals surface area contributed by atoms with Gasteiger partial charge in [0, 0.05) is 12.4 Å². The molecule has 0 amide bonds. The summed E-state index contributed by atoms with van der Waals surface area (Å²) in [5, 5.41) is 0. The summed E-state index contributed by atoms with van der Waals surface area (Å²) < 4.78 is 1.76. The third-order valence-corrected chi connectivity index (χ3v) is 4.35. The van der Waals surface area contributed by atoms with Crippen molar-refractivity contribution < 1.29 is 0 Å². The molecule has 0 saturated heterocycles. The predicted octanol–water partition coefficient (Wildman–Crippen LogP) is 2.23. The number of hydrogen-bond donors (Lipinski definition) is 0. The third-order valence-electron chi connectivity index (χ3n) is 4.35. The van der Waals surface area contributed by atoms with Gasteiger partial charge in [0.05, 0.1) is 5.54 Å². The zero-order valence-corrected chi connectivity index (χ0v) is 12.4. The van der Waals surface area contributed by atoms with Crippen LogP contribution in [0.15, 0.2) is 47.8 Å². The van der Waals surface area contributed by atoms with E-state index in [1.807, 2.05) is 0 Å². The van der Waals surface area contributed by atoms with Crippen molar-refractivity contribution in [3.8, 4) is 0 Å². The predicted molar refractivity (Wildman–Crippen MR) is 83.7 cm³/mol. The molecule has 1 aromatic carbocycles. The molecule has 0 radical (unpaired) electrons. The Labute approximate surface area is 127 Å². The monoisotopic (exact) mass is 292 g/mol. The molecule has 2 heterocycles. The standard InChI is InChI=1S/C17H16N4O/c1-12-3-2-4-13(9-12)10-17(5-6-17)21-11-20-15-14(16(21)22)18-7-8-19-15/h2-4,7-9,11H,5-6,10H2,1H3. The Balaban J connectivity index is 1.78. The summed E-state index contributed by atoms with van der Waals surface area (Å²) in [5.41, 5.74) is 3.01. The molecule has 0 N–H and O–H groups in total. The molecule has 5 nitrogen and oxygen atoms in total. The van der Waals surface area contributed by atoms with E-state index in [4.69, 9.17) is 0 Å². The molecule has 1 saturated carbocycles. The van der Waals surface area contributed by atoms with Crippen molar-refractivity contribution in [2.75, 3.05) is 0 Å². The summed E-state index contributed by atoms with van der Waals surface area (Å²) in [6, 6.07) is 8.45. The van der Waals surface area contributed by atoms with Gasteiger partial charge in [0.2, 0.25) is 0 Å². The average molecular weight is 292 g/mol. The molecule has 110 valence electrons. The van der Waals surface area contributed by atoms with Gasteiger partial charge in [-0.25, -0.2) is 15.0 Å². The molecule has 3 aromatic rings. The van der Waals surface area contributed by atoms with Gasteiger partial charge < -0.3 is 0 Å². The number of nitrogens with zero attached hydrogens (tertiary/aromatic N) is 4. The highest BCUT2D eigenvalue weighted by Gasteiger charge is 2.45. The smallest absolute Gasteiger partial charge is 0.282 e. The van der Waals surface area contributed by atoms with Crippen LogP contribution in [0.25, 0.3) is 11.2 Å². The number of benzene rings is 1. The zero-order chi connectivity index (χ0) is 15.2. The molecule has 0 bridgehead atoms. The summed E-state index contributed by atoms with van der Waals surface area (Å²) in [7, 11) is 0. The lowest BCUT2D eigenvalue weighted by Gasteiger charge is -2.18. The first-order valence-corrected chi connectivity index (χ1v) is 7.42. The highest BCUT2D eigenvalue weighted by Crippen LogP contribution is 2.45. The molecule has 0 aliphatic heterocycles. The van der Waals surface area contributed by atoms with Crippen LogP contribution in [0.5, 0.6) is 0 Å². The van der Waals surface area contributed by atoms with Gasteiger partial charge >= 0.3 is 0 Å². The van der Waals surface area contributed by atoms with E-state index < -0.39 is 0 Å². The molecule has 0 unspecified atom stereocenters. The van der Waals surface area contributed by atoms with Crippen molar-refractivity contribution >= 4 is 11.2 Å². The maximum absolute atomic E-state index is 12.7. The lowest BCUT2D eigenvalue weighted by Crippen LogP contribution is -2.32. The molecule has 1 aliphatic carbocycles. The van der Waals surface area contributed by atoms with E-state index in [1.165, 1.54) is 17.3 Å². The van der Waals surface area contributed by atoms with Gasteiger partial charge in [-0.3, -0.25) is 9.36 Å². The van der Waals surface area contributed by atoms with Gasteiger partial charge in [-0.05, 0) is 31.7 Å². The van der Waals surface area contributed by atoms with E-state index in [1.54, 1.807) is 17.1 Å². The van der Waals surface area contributed by atoms with Crippen LogP contribution in [0.3, 0.4) is 0 Å². The normalized spacial score (nSPS) is 15.9. The Hall–Kier alpha value is -2.56. The third kappa shape index (κ3) is 2.09. The van der Waals surface area contributed by atoms with E-state index in [0.29, 0.717) is 11.2 Å². The Kier molecular flexibility index (Phi) is 2.82. The molecule has 22 heavy (non-hydrogen) atoms. The molecule has 2 aromatic heterocycles.